The third-order valence-electron chi connectivity index (χ3n) is 2.99. The molecule has 2 atom stereocenters. The van der Waals surface area contributed by atoms with E-state index >= 15 is 0 Å². The van der Waals surface area contributed by atoms with Gasteiger partial charge in [0.15, 0.2) is 0 Å². The van der Waals surface area contributed by atoms with Crippen molar-refractivity contribution < 1.29 is 28.0 Å². The number of ether oxygens (including phenoxy) is 1. The van der Waals surface area contributed by atoms with Crippen molar-refractivity contribution in [2.24, 2.45) is 0 Å². The monoisotopic (exact) mass is 334 g/mol. The number of halogens is 1. The van der Waals surface area contributed by atoms with Crippen LogP contribution in [0.15, 0.2) is 15.8 Å². The molecule has 1 aromatic heterocycles. The molecule has 0 radical (unpaired) electrons. The van der Waals surface area contributed by atoms with Crippen LogP contribution in [-0.4, -0.2) is 31.8 Å². The number of aromatic nitrogens is 2. The van der Waals surface area contributed by atoms with Crippen LogP contribution in [-0.2, 0) is 13.8 Å². The van der Waals surface area contributed by atoms with Gasteiger partial charge in [-0.15, -0.1) is 6.42 Å². The number of hydrogen-bond donors (Lipinski definition) is 3. The Morgan fingerprint density at radius 1 is 1.64 bits per heavy atom. The highest BCUT2D eigenvalue weighted by molar-refractivity contribution is 7.46. The van der Waals surface area contributed by atoms with Crippen molar-refractivity contribution in [3.8, 4) is 12.3 Å². The second kappa shape index (κ2) is 5.79. The minimum absolute atomic E-state index is 0.0248. The predicted molar refractivity (Wildman–Crippen MR) is 70.4 cm³/mol. The van der Waals surface area contributed by atoms with Gasteiger partial charge in [-0.3, -0.25) is 18.9 Å². The van der Waals surface area contributed by atoms with Gasteiger partial charge in [-0.2, -0.15) is 0 Å². The Hall–Kier alpha value is -1.76. The summed E-state index contributed by atoms with van der Waals surface area (Å²) in [5, 5.41) is 0. The van der Waals surface area contributed by atoms with Crippen molar-refractivity contribution in [2.75, 3.05) is 6.61 Å². The molecule has 1 fully saturated rings. The topological polar surface area (TPSA) is 131 Å². The van der Waals surface area contributed by atoms with Gasteiger partial charge in [0.05, 0.1) is 0 Å². The Labute approximate surface area is 122 Å². The zero-order valence-electron chi connectivity index (χ0n) is 11.1. The summed E-state index contributed by atoms with van der Waals surface area (Å²) in [5.74, 6) is -0.389. The molecule has 0 spiro atoms. The first-order chi connectivity index (χ1) is 10.1. The molecule has 0 saturated carbocycles. The molecule has 0 bridgehead atoms. The zero-order chi connectivity index (χ0) is 16.5. The standard InChI is InChI=1S/C11H12FN2O7P/c1-2-7-5-14(10(16)13-9(7)15)8-3-4-11(12,21-8)6-20-22(17,18)19/h1,5,8H,3-4,6H2,(H,13,15,16)(H2,17,18,19)/t8-,11+/m1/s1. The number of alkyl halides is 1. The Morgan fingerprint density at radius 2 is 2.32 bits per heavy atom. The van der Waals surface area contributed by atoms with Crippen molar-refractivity contribution in [1.82, 2.24) is 9.55 Å². The fourth-order valence-electron chi connectivity index (χ4n) is 1.99. The molecule has 0 unspecified atom stereocenters. The molecule has 1 aromatic rings. The van der Waals surface area contributed by atoms with Crippen molar-refractivity contribution >= 4 is 7.82 Å². The van der Waals surface area contributed by atoms with Crippen molar-refractivity contribution in [3.63, 3.8) is 0 Å². The van der Waals surface area contributed by atoms with Crippen LogP contribution in [0.2, 0.25) is 0 Å². The quantitative estimate of drug-likeness (QED) is 0.504. The summed E-state index contributed by atoms with van der Waals surface area (Å²) in [4.78, 5) is 42.2. The predicted octanol–water partition coefficient (Wildman–Crippen LogP) is -0.398. The van der Waals surface area contributed by atoms with Gasteiger partial charge < -0.3 is 14.5 Å². The van der Waals surface area contributed by atoms with Gasteiger partial charge in [-0.25, -0.2) is 13.8 Å². The molecule has 1 aliphatic rings. The van der Waals surface area contributed by atoms with Crippen molar-refractivity contribution in [2.45, 2.75) is 24.9 Å². The Bertz CT molecular complexity index is 776. The number of phosphoric acid groups is 1. The summed E-state index contributed by atoms with van der Waals surface area (Å²) in [5.41, 5.74) is -1.72. The minimum atomic E-state index is -4.84. The molecular weight excluding hydrogens is 322 g/mol. The minimum Gasteiger partial charge on any atom is -0.320 e. The molecule has 1 aliphatic heterocycles. The van der Waals surface area contributed by atoms with E-state index < -0.39 is 37.8 Å². The molecule has 120 valence electrons. The molecule has 0 aliphatic carbocycles. The van der Waals surface area contributed by atoms with Crippen LogP contribution >= 0.6 is 7.82 Å². The van der Waals surface area contributed by atoms with E-state index in [1.54, 1.807) is 0 Å². The number of H-pyrrole nitrogens is 1. The van der Waals surface area contributed by atoms with E-state index in [0.29, 0.717) is 0 Å². The molecule has 2 heterocycles. The van der Waals surface area contributed by atoms with Gasteiger partial charge in [-0.1, -0.05) is 5.92 Å². The summed E-state index contributed by atoms with van der Waals surface area (Å²) >= 11 is 0. The van der Waals surface area contributed by atoms with Gasteiger partial charge in [0, 0.05) is 12.6 Å². The highest BCUT2D eigenvalue weighted by Gasteiger charge is 2.43. The van der Waals surface area contributed by atoms with Crippen LogP contribution < -0.4 is 11.2 Å². The van der Waals surface area contributed by atoms with Crippen LogP contribution in [0.3, 0.4) is 0 Å². The number of terminal acetylenes is 1. The maximum absolute atomic E-state index is 14.3. The van der Waals surface area contributed by atoms with E-state index in [0.717, 1.165) is 10.8 Å². The van der Waals surface area contributed by atoms with Gasteiger partial charge in [0.2, 0.25) is 5.85 Å². The van der Waals surface area contributed by atoms with Crippen LogP contribution in [0.25, 0.3) is 0 Å². The number of nitrogens with one attached hydrogen (secondary N) is 1. The zero-order valence-corrected chi connectivity index (χ0v) is 12.0. The second-order valence-electron chi connectivity index (χ2n) is 4.61. The van der Waals surface area contributed by atoms with E-state index in [1.165, 1.54) is 0 Å². The first kappa shape index (κ1) is 16.6. The van der Waals surface area contributed by atoms with Gasteiger partial charge in [0.1, 0.15) is 18.4 Å². The van der Waals surface area contributed by atoms with Crippen LogP contribution in [0.4, 0.5) is 4.39 Å². The lowest BCUT2D eigenvalue weighted by atomic mass is 10.2. The van der Waals surface area contributed by atoms with E-state index in [9.17, 15) is 18.5 Å². The van der Waals surface area contributed by atoms with E-state index in [-0.39, 0.29) is 18.4 Å². The molecule has 22 heavy (non-hydrogen) atoms. The summed E-state index contributed by atoms with van der Waals surface area (Å²) in [7, 11) is -4.84. The maximum atomic E-state index is 14.3. The Morgan fingerprint density at radius 3 is 2.91 bits per heavy atom. The van der Waals surface area contributed by atoms with Crippen molar-refractivity contribution in [3.05, 3.63) is 32.6 Å². The number of nitrogens with zero attached hydrogens (tertiary/aromatic N) is 1. The number of phosphoric ester groups is 1. The summed E-state index contributed by atoms with van der Waals surface area (Å²) in [6.07, 6.45) is 4.86. The molecule has 0 amide bonds. The van der Waals surface area contributed by atoms with E-state index in [4.69, 9.17) is 20.9 Å². The third-order valence-corrected chi connectivity index (χ3v) is 3.46. The smallest absolute Gasteiger partial charge is 0.320 e. The van der Waals surface area contributed by atoms with Crippen LogP contribution in [0, 0.1) is 12.3 Å². The summed E-state index contributed by atoms with van der Waals surface area (Å²) in [6, 6.07) is 0. The van der Waals surface area contributed by atoms with Gasteiger partial charge in [0.25, 0.3) is 5.56 Å². The second-order valence-corrected chi connectivity index (χ2v) is 5.85. The number of rotatable bonds is 4. The molecule has 1 saturated heterocycles. The lowest BCUT2D eigenvalue weighted by molar-refractivity contribution is -0.175. The molecular formula is C11H12FN2O7P. The highest BCUT2D eigenvalue weighted by Crippen LogP contribution is 2.42. The molecule has 0 aromatic carbocycles. The van der Waals surface area contributed by atoms with Crippen LogP contribution in [0.5, 0.6) is 0 Å². The average molecular weight is 334 g/mol. The maximum Gasteiger partial charge on any atom is 0.469 e. The first-order valence-electron chi connectivity index (χ1n) is 6.02. The van der Waals surface area contributed by atoms with Gasteiger partial charge in [-0.05, 0) is 6.42 Å². The number of hydrogen-bond acceptors (Lipinski definition) is 5. The SMILES string of the molecule is C#Cc1cn([C@H]2CC[C@@](F)(COP(=O)(O)O)O2)c(=O)[nH]c1=O. The lowest BCUT2D eigenvalue weighted by Gasteiger charge is -2.21. The normalized spacial score (nSPS) is 25.1. The average Bonchev–Trinajstić information content (AvgIpc) is 2.79. The Balaban J connectivity index is 2.20. The number of aromatic amines is 1. The molecule has 9 nitrogen and oxygen atoms in total. The van der Waals surface area contributed by atoms with E-state index in [1.807, 2.05) is 4.98 Å². The summed E-state index contributed by atoms with van der Waals surface area (Å²) < 4.78 is 34.8. The highest BCUT2D eigenvalue weighted by atomic mass is 31.2. The third kappa shape index (κ3) is 3.71. The Kier molecular flexibility index (Phi) is 4.37. The lowest BCUT2D eigenvalue weighted by Crippen LogP contribution is -2.35. The van der Waals surface area contributed by atoms with E-state index in [2.05, 4.69) is 10.4 Å². The van der Waals surface area contributed by atoms with Crippen molar-refractivity contribution in [1.29, 1.82) is 0 Å². The largest absolute Gasteiger partial charge is 0.469 e. The summed E-state index contributed by atoms with van der Waals surface area (Å²) in [6.45, 7) is -0.992. The van der Waals surface area contributed by atoms with Crippen LogP contribution in [0.1, 0.15) is 24.6 Å². The first-order valence-corrected chi connectivity index (χ1v) is 7.55. The molecule has 3 N–H and O–H groups in total. The molecule has 11 heteroatoms. The van der Waals surface area contributed by atoms with Gasteiger partial charge >= 0.3 is 13.5 Å². The fourth-order valence-corrected chi connectivity index (χ4v) is 2.35. The fraction of sp³-hybridized carbons (Fsp3) is 0.455. The molecule has 2 rings (SSSR count).